The quantitative estimate of drug-likeness (QED) is 0.813. The Kier molecular flexibility index (Phi) is 3.96. The minimum Gasteiger partial charge on any atom is -0.398 e. The average Bonchev–Trinajstić information content (AvgIpc) is 2.81. The number of hydrogen-bond acceptors (Lipinski definition) is 4. The number of aliphatic hydroxyl groups excluding tert-OH is 1. The van der Waals surface area contributed by atoms with Crippen molar-refractivity contribution in [2.24, 2.45) is 0 Å². The van der Waals surface area contributed by atoms with E-state index in [2.05, 4.69) is 15.9 Å². The number of anilines is 1. The summed E-state index contributed by atoms with van der Waals surface area (Å²) < 4.78 is 26.8. The summed E-state index contributed by atoms with van der Waals surface area (Å²) in [6.45, 7) is 0.310. The van der Waals surface area contributed by atoms with E-state index in [1.165, 1.54) is 16.4 Å². The third-order valence-corrected chi connectivity index (χ3v) is 5.75. The van der Waals surface area contributed by atoms with Crippen molar-refractivity contribution in [3.63, 3.8) is 0 Å². The average molecular weight is 335 g/mol. The van der Waals surface area contributed by atoms with E-state index in [1.54, 1.807) is 6.07 Å². The van der Waals surface area contributed by atoms with Gasteiger partial charge in [0.15, 0.2) is 0 Å². The molecule has 1 aliphatic heterocycles. The van der Waals surface area contributed by atoms with Crippen LogP contribution in [0, 0.1) is 0 Å². The largest absolute Gasteiger partial charge is 0.398 e. The van der Waals surface area contributed by atoms with E-state index in [1.807, 2.05) is 0 Å². The first kappa shape index (κ1) is 13.8. The lowest BCUT2D eigenvalue weighted by atomic mass is 10.2. The molecular formula is C11H15BrN2O3S. The zero-order valence-corrected chi connectivity index (χ0v) is 12.1. The zero-order valence-electron chi connectivity index (χ0n) is 9.71. The second-order valence-corrected chi connectivity index (χ2v) is 7.02. The Morgan fingerprint density at radius 1 is 1.50 bits per heavy atom. The van der Waals surface area contributed by atoms with E-state index in [0.717, 1.165) is 6.42 Å². The maximum Gasteiger partial charge on any atom is 0.243 e. The smallest absolute Gasteiger partial charge is 0.243 e. The van der Waals surface area contributed by atoms with Gasteiger partial charge in [0.1, 0.15) is 0 Å². The van der Waals surface area contributed by atoms with Crippen LogP contribution in [0.1, 0.15) is 12.8 Å². The van der Waals surface area contributed by atoms with Crippen LogP contribution in [-0.2, 0) is 10.0 Å². The van der Waals surface area contributed by atoms with Gasteiger partial charge in [-0.15, -0.1) is 0 Å². The lowest BCUT2D eigenvalue weighted by Gasteiger charge is -2.22. The van der Waals surface area contributed by atoms with E-state index in [9.17, 15) is 13.5 Å². The first-order chi connectivity index (χ1) is 8.46. The number of nitrogens with zero attached hydrogens (tertiary/aromatic N) is 1. The Hall–Kier alpha value is -0.630. The zero-order chi connectivity index (χ0) is 13.3. The second kappa shape index (κ2) is 5.16. The second-order valence-electron chi connectivity index (χ2n) is 4.28. The first-order valence-electron chi connectivity index (χ1n) is 5.64. The van der Waals surface area contributed by atoms with E-state index in [4.69, 9.17) is 5.73 Å². The maximum absolute atomic E-state index is 12.4. The fraction of sp³-hybridized carbons (Fsp3) is 0.455. The van der Waals surface area contributed by atoms with Gasteiger partial charge in [-0.1, -0.05) is 0 Å². The standard InChI is InChI=1S/C11H15BrN2O3S/c12-10-6-9(3-4-11(10)13)18(16,17)14-5-1-2-8(14)7-15/h3-4,6,8,15H,1-2,5,7,13H2/t8-/m0/s1. The molecule has 3 N–H and O–H groups in total. The number of sulfonamides is 1. The fourth-order valence-electron chi connectivity index (χ4n) is 2.11. The van der Waals surface area contributed by atoms with Gasteiger partial charge in [-0.25, -0.2) is 8.42 Å². The molecule has 0 unspecified atom stereocenters. The fourth-order valence-corrected chi connectivity index (χ4v) is 4.35. The number of hydrogen-bond donors (Lipinski definition) is 2. The van der Waals surface area contributed by atoms with Crippen molar-refractivity contribution >= 4 is 31.6 Å². The topological polar surface area (TPSA) is 83.6 Å². The summed E-state index contributed by atoms with van der Waals surface area (Å²) in [5, 5.41) is 9.21. The Labute approximate surface area is 115 Å². The highest BCUT2D eigenvalue weighted by molar-refractivity contribution is 9.10. The summed E-state index contributed by atoms with van der Waals surface area (Å²) >= 11 is 3.22. The Balaban J connectivity index is 2.38. The molecule has 0 radical (unpaired) electrons. The Bertz CT molecular complexity index is 547. The molecule has 2 rings (SSSR count). The van der Waals surface area contributed by atoms with Crippen molar-refractivity contribution < 1.29 is 13.5 Å². The summed E-state index contributed by atoms with van der Waals surface area (Å²) in [6.07, 6.45) is 1.48. The van der Waals surface area contributed by atoms with Gasteiger partial charge >= 0.3 is 0 Å². The minimum atomic E-state index is -3.55. The molecule has 1 saturated heterocycles. The summed E-state index contributed by atoms with van der Waals surface area (Å²) in [4.78, 5) is 0.198. The molecule has 0 amide bonds. The predicted octanol–water partition coefficient (Wildman–Crippen LogP) is 1.18. The molecule has 1 aliphatic rings. The van der Waals surface area contributed by atoms with E-state index in [0.29, 0.717) is 23.1 Å². The molecule has 1 aromatic rings. The van der Waals surface area contributed by atoms with Crippen molar-refractivity contribution in [3.8, 4) is 0 Å². The number of nitrogen functional groups attached to an aromatic ring is 1. The monoisotopic (exact) mass is 334 g/mol. The number of benzene rings is 1. The third-order valence-electron chi connectivity index (χ3n) is 3.11. The summed E-state index contributed by atoms with van der Waals surface area (Å²) in [6, 6.07) is 4.23. The number of nitrogens with two attached hydrogens (primary N) is 1. The van der Waals surface area contributed by atoms with Crippen LogP contribution in [0.5, 0.6) is 0 Å². The van der Waals surface area contributed by atoms with Crippen LogP contribution < -0.4 is 5.73 Å². The van der Waals surface area contributed by atoms with E-state index < -0.39 is 10.0 Å². The lowest BCUT2D eigenvalue weighted by Crippen LogP contribution is -2.37. The van der Waals surface area contributed by atoms with Gasteiger partial charge in [0.2, 0.25) is 10.0 Å². The molecule has 7 heteroatoms. The van der Waals surface area contributed by atoms with Crippen LogP contribution in [0.15, 0.2) is 27.6 Å². The van der Waals surface area contributed by atoms with Gasteiger partial charge in [-0.3, -0.25) is 0 Å². The van der Waals surface area contributed by atoms with Gasteiger partial charge in [0.05, 0.1) is 11.5 Å². The number of aliphatic hydroxyl groups is 1. The maximum atomic E-state index is 12.4. The molecule has 0 saturated carbocycles. The van der Waals surface area contributed by atoms with Crippen molar-refractivity contribution in [1.29, 1.82) is 0 Å². The van der Waals surface area contributed by atoms with Gasteiger partial charge in [0.25, 0.3) is 0 Å². The predicted molar refractivity (Wildman–Crippen MR) is 72.6 cm³/mol. The molecule has 1 heterocycles. The Morgan fingerprint density at radius 3 is 2.83 bits per heavy atom. The summed E-state index contributed by atoms with van der Waals surface area (Å²) in [7, 11) is -3.55. The molecule has 1 fully saturated rings. The highest BCUT2D eigenvalue weighted by Gasteiger charge is 2.34. The highest BCUT2D eigenvalue weighted by Crippen LogP contribution is 2.29. The van der Waals surface area contributed by atoms with Crippen molar-refractivity contribution in [1.82, 2.24) is 4.31 Å². The highest BCUT2D eigenvalue weighted by atomic mass is 79.9. The van der Waals surface area contributed by atoms with Gasteiger partial charge < -0.3 is 10.8 Å². The van der Waals surface area contributed by atoms with Crippen molar-refractivity contribution in [2.75, 3.05) is 18.9 Å². The van der Waals surface area contributed by atoms with Crippen molar-refractivity contribution in [2.45, 2.75) is 23.8 Å². The van der Waals surface area contributed by atoms with Crippen molar-refractivity contribution in [3.05, 3.63) is 22.7 Å². The molecule has 0 spiro atoms. The molecule has 1 atom stereocenters. The molecule has 1 aromatic carbocycles. The van der Waals surface area contributed by atoms with Gasteiger partial charge in [-0.05, 0) is 47.0 Å². The lowest BCUT2D eigenvalue weighted by molar-refractivity contribution is 0.213. The van der Waals surface area contributed by atoms with Gasteiger partial charge in [0, 0.05) is 22.7 Å². The third kappa shape index (κ3) is 2.40. The first-order valence-corrected chi connectivity index (χ1v) is 7.88. The van der Waals surface area contributed by atoms with Crippen LogP contribution in [0.4, 0.5) is 5.69 Å². The molecular weight excluding hydrogens is 320 g/mol. The number of halogens is 1. The number of rotatable bonds is 3. The van der Waals surface area contributed by atoms with Gasteiger partial charge in [-0.2, -0.15) is 4.31 Å². The summed E-state index contributed by atoms with van der Waals surface area (Å²) in [5.74, 6) is 0. The molecule has 18 heavy (non-hydrogen) atoms. The molecule has 100 valence electrons. The van der Waals surface area contributed by atoms with E-state index >= 15 is 0 Å². The van der Waals surface area contributed by atoms with Crippen LogP contribution in [0.25, 0.3) is 0 Å². The van der Waals surface area contributed by atoms with Crippen LogP contribution in [-0.4, -0.2) is 37.0 Å². The van der Waals surface area contributed by atoms with Crippen LogP contribution in [0.2, 0.25) is 0 Å². The Morgan fingerprint density at radius 2 is 2.22 bits per heavy atom. The molecule has 5 nitrogen and oxygen atoms in total. The minimum absolute atomic E-state index is 0.143. The van der Waals surface area contributed by atoms with E-state index in [-0.39, 0.29) is 17.5 Å². The summed E-state index contributed by atoms with van der Waals surface area (Å²) in [5.41, 5.74) is 6.14. The molecule has 0 aromatic heterocycles. The molecule has 0 aliphatic carbocycles. The SMILES string of the molecule is Nc1ccc(S(=O)(=O)N2CCC[C@H]2CO)cc1Br. The van der Waals surface area contributed by atoms with Crippen LogP contribution >= 0.6 is 15.9 Å². The molecule has 0 bridgehead atoms. The van der Waals surface area contributed by atoms with Crippen LogP contribution in [0.3, 0.4) is 0 Å². The normalized spacial score (nSPS) is 21.3.